The van der Waals surface area contributed by atoms with Crippen molar-refractivity contribution < 1.29 is 9.53 Å². The van der Waals surface area contributed by atoms with Crippen molar-refractivity contribution in [3.05, 3.63) is 59.2 Å². The summed E-state index contributed by atoms with van der Waals surface area (Å²) < 4.78 is 4.75. The van der Waals surface area contributed by atoms with Gasteiger partial charge in [-0.3, -0.25) is 0 Å². The molecule has 0 unspecified atom stereocenters. The van der Waals surface area contributed by atoms with Gasteiger partial charge in [-0.25, -0.2) is 4.79 Å². The Morgan fingerprint density at radius 2 is 1.86 bits per heavy atom. The van der Waals surface area contributed by atoms with Gasteiger partial charge in [0.15, 0.2) is 0 Å². The molecule has 110 valence electrons. The quantitative estimate of drug-likeness (QED) is 0.692. The number of nitrogens with zero attached hydrogens (tertiary/aromatic N) is 1. The number of ether oxygens (including phenoxy) is 1. The van der Waals surface area contributed by atoms with E-state index in [9.17, 15) is 4.79 Å². The molecule has 21 heavy (non-hydrogen) atoms. The van der Waals surface area contributed by atoms with Crippen LogP contribution in [0.15, 0.2) is 42.5 Å². The summed E-state index contributed by atoms with van der Waals surface area (Å²) in [5, 5.41) is 0. The predicted octanol–water partition coefficient (Wildman–Crippen LogP) is 3.00. The first-order valence-electron chi connectivity index (χ1n) is 6.76. The second-order valence-corrected chi connectivity index (χ2v) is 5.10. The van der Waals surface area contributed by atoms with Gasteiger partial charge in [-0.05, 0) is 30.7 Å². The highest BCUT2D eigenvalue weighted by Crippen LogP contribution is 2.22. The predicted molar refractivity (Wildman–Crippen MR) is 85.5 cm³/mol. The fourth-order valence-corrected chi connectivity index (χ4v) is 2.13. The molecule has 0 bridgehead atoms. The molecule has 4 nitrogen and oxygen atoms in total. The molecule has 2 aromatic carbocycles. The third kappa shape index (κ3) is 3.54. The Kier molecular flexibility index (Phi) is 4.48. The summed E-state index contributed by atoms with van der Waals surface area (Å²) in [6.45, 7) is 2.82. The maximum Gasteiger partial charge on any atom is 0.340 e. The van der Waals surface area contributed by atoms with Crippen LogP contribution < -0.4 is 10.6 Å². The van der Waals surface area contributed by atoms with Gasteiger partial charge in [-0.1, -0.05) is 29.8 Å². The van der Waals surface area contributed by atoms with Crippen LogP contribution in [0.3, 0.4) is 0 Å². The molecule has 0 saturated carbocycles. The van der Waals surface area contributed by atoms with E-state index in [1.54, 1.807) is 12.1 Å². The van der Waals surface area contributed by atoms with E-state index in [-0.39, 0.29) is 0 Å². The average Bonchev–Trinajstić information content (AvgIpc) is 2.49. The lowest BCUT2D eigenvalue weighted by Crippen LogP contribution is -2.17. The first-order valence-corrected chi connectivity index (χ1v) is 6.76. The molecular formula is C17H20N2O2. The number of hydrogen-bond acceptors (Lipinski definition) is 4. The van der Waals surface area contributed by atoms with Crippen molar-refractivity contribution in [2.75, 3.05) is 24.8 Å². The first-order chi connectivity index (χ1) is 10.0. The molecule has 0 aromatic heterocycles. The van der Waals surface area contributed by atoms with E-state index in [0.29, 0.717) is 11.3 Å². The Morgan fingerprint density at radius 1 is 1.19 bits per heavy atom. The molecule has 2 aromatic rings. The van der Waals surface area contributed by atoms with Gasteiger partial charge in [0.2, 0.25) is 0 Å². The molecule has 0 aliphatic heterocycles. The smallest absolute Gasteiger partial charge is 0.340 e. The molecule has 2 rings (SSSR count). The number of carbonyl (C=O) groups is 1. The van der Waals surface area contributed by atoms with Crippen LogP contribution in [0.5, 0.6) is 0 Å². The number of methoxy groups -OCH3 is 1. The highest BCUT2D eigenvalue weighted by atomic mass is 16.5. The second kappa shape index (κ2) is 6.31. The Labute approximate surface area is 125 Å². The summed E-state index contributed by atoms with van der Waals surface area (Å²) >= 11 is 0. The van der Waals surface area contributed by atoms with Gasteiger partial charge in [-0.2, -0.15) is 0 Å². The van der Waals surface area contributed by atoms with Crippen LogP contribution in [0.2, 0.25) is 0 Å². The minimum atomic E-state index is -0.418. The largest absolute Gasteiger partial charge is 0.465 e. The highest BCUT2D eigenvalue weighted by Gasteiger charge is 2.12. The zero-order valence-corrected chi connectivity index (χ0v) is 12.6. The molecule has 2 N–H and O–H groups in total. The van der Waals surface area contributed by atoms with Gasteiger partial charge in [0.25, 0.3) is 0 Å². The zero-order valence-electron chi connectivity index (χ0n) is 12.6. The lowest BCUT2D eigenvalue weighted by Gasteiger charge is -2.20. The fraction of sp³-hybridized carbons (Fsp3) is 0.235. The van der Waals surface area contributed by atoms with Crippen LogP contribution in [0.4, 0.5) is 11.4 Å². The Bertz CT molecular complexity index is 636. The molecule has 0 aliphatic rings. The molecule has 0 heterocycles. The molecule has 4 heteroatoms. The SMILES string of the molecule is COC(=O)c1cc(N(C)Cc2ccc(C)cc2)ccc1N. The zero-order chi connectivity index (χ0) is 15.4. The summed E-state index contributed by atoms with van der Waals surface area (Å²) in [4.78, 5) is 13.8. The number of benzene rings is 2. The van der Waals surface area contributed by atoms with Gasteiger partial charge in [0.1, 0.15) is 0 Å². The normalized spacial score (nSPS) is 10.2. The molecular weight excluding hydrogens is 264 g/mol. The standard InChI is InChI=1S/C17H20N2O2/c1-12-4-6-13(7-5-12)11-19(2)14-8-9-16(18)15(10-14)17(20)21-3/h4-10H,11,18H2,1-3H3. The van der Waals surface area contributed by atoms with E-state index in [1.165, 1.54) is 18.2 Å². The van der Waals surface area contributed by atoms with Gasteiger partial charge in [0.05, 0.1) is 12.7 Å². The van der Waals surface area contributed by atoms with Gasteiger partial charge in [0, 0.05) is 25.0 Å². The Balaban J connectivity index is 2.21. The van der Waals surface area contributed by atoms with Gasteiger partial charge < -0.3 is 15.4 Å². The molecule has 0 aliphatic carbocycles. The minimum absolute atomic E-state index is 0.394. The topological polar surface area (TPSA) is 55.6 Å². The summed E-state index contributed by atoms with van der Waals surface area (Å²) in [5.74, 6) is -0.418. The maximum absolute atomic E-state index is 11.7. The Morgan fingerprint density at radius 3 is 2.48 bits per heavy atom. The van der Waals surface area contributed by atoms with E-state index < -0.39 is 5.97 Å². The van der Waals surface area contributed by atoms with Crippen molar-refractivity contribution in [2.24, 2.45) is 0 Å². The van der Waals surface area contributed by atoms with E-state index >= 15 is 0 Å². The lowest BCUT2D eigenvalue weighted by atomic mass is 10.1. The van der Waals surface area contributed by atoms with Crippen molar-refractivity contribution in [1.29, 1.82) is 0 Å². The third-order valence-corrected chi connectivity index (χ3v) is 3.42. The molecule has 0 atom stereocenters. The van der Waals surface area contributed by atoms with Crippen LogP contribution in [0, 0.1) is 6.92 Å². The summed E-state index contributed by atoms with van der Waals surface area (Å²) in [6, 6.07) is 13.8. The average molecular weight is 284 g/mol. The number of carbonyl (C=O) groups excluding carboxylic acids is 1. The maximum atomic E-state index is 11.7. The number of nitrogen functional groups attached to an aromatic ring is 1. The van der Waals surface area contributed by atoms with Crippen molar-refractivity contribution in [2.45, 2.75) is 13.5 Å². The molecule has 0 saturated heterocycles. The number of hydrogen-bond donors (Lipinski definition) is 1. The van der Waals surface area contributed by atoms with Crippen LogP contribution in [0.25, 0.3) is 0 Å². The van der Waals surface area contributed by atoms with Gasteiger partial charge >= 0.3 is 5.97 Å². The summed E-state index contributed by atoms with van der Waals surface area (Å²) in [6.07, 6.45) is 0. The van der Waals surface area contributed by atoms with Crippen LogP contribution in [0.1, 0.15) is 21.5 Å². The van der Waals surface area contributed by atoms with E-state index in [0.717, 1.165) is 12.2 Å². The monoisotopic (exact) mass is 284 g/mol. The van der Waals surface area contributed by atoms with Crippen LogP contribution >= 0.6 is 0 Å². The van der Waals surface area contributed by atoms with E-state index in [2.05, 4.69) is 36.1 Å². The van der Waals surface area contributed by atoms with Crippen molar-refractivity contribution in [3.63, 3.8) is 0 Å². The minimum Gasteiger partial charge on any atom is -0.465 e. The van der Waals surface area contributed by atoms with Crippen molar-refractivity contribution in [1.82, 2.24) is 0 Å². The van der Waals surface area contributed by atoms with Crippen LogP contribution in [-0.2, 0) is 11.3 Å². The highest BCUT2D eigenvalue weighted by molar-refractivity contribution is 5.96. The van der Waals surface area contributed by atoms with Crippen LogP contribution in [-0.4, -0.2) is 20.1 Å². The molecule has 0 radical (unpaired) electrons. The lowest BCUT2D eigenvalue weighted by molar-refractivity contribution is 0.0602. The number of esters is 1. The summed E-state index contributed by atoms with van der Waals surface area (Å²) in [5.41, 5.74) is 10.0. The number of aryl methyl sites for hydroxylation is 1. The van der Waals surface area contributed by atoms with E-state index in [4.69, 9.17) is 10.5 Å². The number of nitrogens with two attached hydrogens (primary N) is 1. The Hall–Kier alpha value is -2.49. The third-order valence-electron chi connectivity index (χ3n) is 3.42. The molecule has 0 amide bonds. The van der Waals surface area contributed by atoms with Crippen molar-refractivity contribution >= 4 is 17.3 Å². The van der Waals surface area contributed by atoms with E-state index in [1.807, 2.05) is 13.1 Å². The summed E-state index contributed by atoms with van der Waals surface area (Å²) in [7, 11) is 3.33. The molecule has 0 fully saturated rings. The number of anilines is 2. The molecule has 0 spiro atoms. The fourth-order valence-electron chi connectivity index (χ4n) is 2.13. The second-order valence-electron chi connectivity index (χ2n) is 5.10. The van der Waals surface area contributed by atoms with Crippen molar-refractivity contribution in [3.8, 4) is 0 Å². The number of rotatable bonds is 4. The first kappa shape index (κ1) is 14.9. The van der Waals surface area contributed by atoms with Gasteiger partial charge in [-0.15, -0.1) is 0 Å².